The second-order valence-corrected chi connectivity index (χ2v) is 4.04. The lowest BCUT2D eigenvalue weighted by Crippen LogP contribution is -2.07. The molecule has 6 heteroatoms. The van der Waals surface area contributed by atoms with Crippen molar-refractivity contribution in [2.45, 2.75) is 13.8 Å². The van der Waals surface area contributed by atoms with Gasteiger partial charge in [0.25, 0.3) is 0 Å². The first-order chi connectivity index (χ1) is 6.92. The molecule has 0 unspecified atom stereocenters. The van der Waals surface area contributed by atoms with Crippen molar-refractivity contribution in [1.29, 1.82) is 0 Å². The zero-order chi connectivity index (χ0) is 11.5. The first-order valence-corrected chi connectivity index (χ1v) is 5.80. The molecular formula is C9H13NO4S. The van der Waals surface area contributed by atoms with E-state index in [9.17, 15) is 8.42 Å². The average Bonchev–Trinajstić information content (AvgIpc) is 2.09. The summed E-state index contributed by atoms with van der Waals surface area (Å²) >= 11 is 0. The molecule has 0 aliphatic heterocycles. The topological polar surface area (TPSA) is 75.6 Å². The predicted molar refractivity (Wildman–Crippen MR) is 57.5 cm³/mol. The molecule has 84 valence electrons. The van der Waals surface area contributed by atoms with Crippen molar-refractivity contribution >= 4 is 16.1 Å². The zero-order valence-electron chi connectivity index (χ0n) is 8.52. The second-order valence-electron chi connectivity index (χ2n) is 3.02. The Bertz CT molecular complexity index is 441. The number of rotatable bonds is 4. The van der Waals surface area contributed by atoms with Crippen molar-refractivity contribution < 1.29 is 17.2 Å². The van der Waals surface area contributed by atoms with Gasteiger partial charge in [-0.25, -0.2) is 0 Å². The van der Waals surface area contributed by atoms with E-state index in [4.69, 9.17) is 4.55 Å². The third kappa shape index (κ3) is 3.77. The minimum Gasteiger partial charge on any atom is -0.385 e. The smallest absolute Gasteiger partial charge is 0.385 e. The SMILES string of the molecule is CCNc1cc(OS(=O)(=O)O)ccc1C. The Morgan fingerprint density at radius 1 is 1.47 bits per heavy atom. The molecule has 2 N–H and O–H groups in total. The van der Waals surface area contributed by atoms with Gasteiger partial charge in [-0.1, -0.05) is 6.07 Å². The molecule has 0 bridgehead atoms. The molecule has 0 amide bonds. The molecule has 0 heterocycles. The van der Waals surface area contributed by atoms with E-state index in [-0.39, 0.29) is 5.75 Å². The Hall–Kier alpha value is -1.27. The van der Waals surface area contributed by atoms with E-state index in [1.165, 1.54) is 12.1 Å². The summed E-state index contributed by atoms with van der Waals surface area (Å²) in [4.78, 5) is 0. The van der Waals surface area contributed by atoms with E-state index >= 15 is 0 Å². The maximum absolute atomic E-state index is 10.5. The normalized spacial score (nSPS) is 11.1. The van der Waals surface area contributed by atoms with Crippen LogP contribution in [0, 0.1) is 6.92 Å². The van der Waals surface area contributed by atoms with Crippen LogP contribution in [0.5, 0.6) is 5.75 Å². The van der Waals surface area contributed by atoms with Crippen LogP contribution < -0.4 is 9.50 Å². The highest BCUT2D eigenvalue weighted by Gasteiger charge is 2.08. The van der Waals surface area contributed by atoms with E-state index in [0.717, 1.165) is 17.8 Å². The Morgan fingerprint density at radius 3 is 2.67 bits per heavy atom. The molecule has 1 rings (SSSR count). The molecule has 0 aromatic heterocycles. The predicted octanol–water partition coefficient (Wildman–Crippen LogP) is 1.61. The third-order valence-electron chi connectivity index (χ3n) is 1.78. The molecular weight excluding hydrogens is 218 g/mol. The summed E-state index contributed by atoms with van der Waals surface area (Å²) < 4.78 is 33.8. The van der Waals surface area contributed by atoms with Gasteiger partial charge >= 0.3 is 10.4 Å². The lowest BCUT2D eigenvalue weighted by atomic mass is 10.2. The number of nitrogens with one attached hydrogen (secondary N) is 1. The van der Waals surface area contributed by atoms with E-state index in [1.54, 1.807) is 6.07 Å². The Balaban J connectivity index is 2.97. The summed E-state index contributed by atoms with van der Waals surface area (Å²) in [5.41, 5.74) is 1.75. The molecule has 0 spiro atoms. The minimum absolute atomic E-state index is 0.0825. The number of aryl methyl sites for hydroxylation is 1. The van der Waals surface area contributed by atoms with Gasteiger partial charge in [-0.3, -0.25) is 4.55 Å². The van der Waals surface area contributed by atoms with E-state index in [1.807, 2.05) is 13.8 Å². The Morgan fingerprint density at radius 2 is 2.13 bits per heavy atom. The molecule has 5 nitrogen and oxygen atoms in total. The molecule has 1 aromatic carbocycles. The van der Waals surface area contributed by atoms with Crippen LogP contribution in [0.1, 0.15) is 12.5 Å². The summed E-state index contributed by atoms with van der Waals surface area (Å²) in [6.07, 6.45) is 0. The van der Waals surface area contributed by atoms with Gasteiger partial charge in [0.1, 0.15) is 5.75 Å². The quantitative estimate of drug-likeness (QED) is 0.770. The van der Waals surface area contributed by atoms with E-state index < -0.39 is 10.4 Å². The number of benzene rings is 1. The zero-order valence-corrected chi connectivity index (χ0v) is 9.34. The lowest BCUT2D eigenvalue weighted by molar-refractivity contribution is 0.387. The van der Waals surface area contributed by atoms with Crippen LogP contribution in [0.15, 0.2) is 18.2 Å². The highest BCUT2D eigenvalue weighted by molar-refractivity contribution is 7.81. The van der Waals surface area contributed by atoms with Crippen molar-refractivity contribution in [1.82, 2.24) is 0 Å². The van der Waals surface area contributed by atoms with Crippen LogP contribution >= 0.6 is 0 Å². The van der Waals surface area contributed by atoms with Gasteiger partial charge in [0.15, 0.2) is 0 Å². The van der Waals surface area contributed by atoms with Crippen LogP contribution in [-0.4, -0.2) is 19.5 Å². The molecule has 0 atom stereocenters. The standard InChI is InChI=1S/C9H13NO4S/c1-3-10-9-6-8(5-4-7(9)2)14-15(11,12)13/h4-6,10H,3H2,1-2H3,(H,11,12,13). The Labute approximate surface area is 89.0 Å². The highest BCUT2D eigenvalue weighted by atomic mass is 32.3. The maximum Gasteiger partial charge on any atom is 0.446 e. The summed E-state index contributed by atoms with van der Waals surface area (Å²) in [6, 6.07) is 4.70. The molecule has 0 fully saturated rings. The summed E-state index contributed by atoms with van der Waals surface area (Å²) in [7, 11) is -4.45. The van der Waals surface area contributed by atoms with Gasteiger partial charge in [-0.2, -0.15) is 8.42 Å². The van der Waals surface area contributed by atoms with Crippen molar-refractivity contribution in [3.63, 3.8) is 0 Å². The van der Waals surface area contributed by atoms with Crippen LogP contribution in [0.4, 0.5) is 5.69 Å². The van der Waals surface area contributed by atoms with Gasteiger partial charge in [0, 0.05) is 18.3 Å². The first-order valence-electron chi connectivity index (χ1n) is 4.44. The summed E-state index contributed by atoms with van der Waals surface area (Å²) in [6.45, 7) is 4.53. The maximum atomic E-state index is 10.5. The van der Waals surface area contributed by atoms with Crippen LogP contribution in [-0.2, 0) is 10.4 Å². The van der Waals surface area contributed by atoms with Gasteiger partial charge in [0.2, 0.25) is 0 Å². The fourth-order valence-electron chi connectivity index (χ4n) is 1.16. The van der Waals surface area contributed by atoms with Crippen LogP contribution in [0.2, 0.25) is 0 Å². The molecule has 0 saturated heterocycles. The van der Waals surface area contributed by atoms with Crippen LogP contribution in [0.25, 0.3) is 0 Å². The molecule has 0 aliphatic carbocycles. The van der Waals surface area contributed by atoms with E-state index in [0.29, 0.717) is 0 Å². The molecule has 1 aromatic rings. The van der Waals surface area contributed by atoms with E-state index in [2.05, 4.69) is 9.50 Å². The number of hydrogen-bond donors (Lipinski definition) is 2. The number of anilines is 1. The van der Waals surface area contributed by atoms with Crippen molar-refractivity contribution in [3.8, 4) is 5.75 Å². The largest absolute Gasteiger partial charge is 0.446 e. The minimum atomic E-state index is -4.45. The van der Waals surface area contributed by atoms with Crippen molar-refractivity contribution in [3.05, 3.63) is 23.8 Å². The third-order valence-corrected chi connectivity index (χ3v) is 2.18. The summed E-state index contributed by atoms with van der Waals surface area (Å²) in [5, 5.41) is 3.05. The monoisotopic (exact) mass is 231 g/mol. The first kappa shape index (κ1) is 11.8. The average molecular weight is 231 g/mol. The molecule has 0 saturated carbocycles. The molecule has 0 aliphatic rings. The van der Waals surface area contributed by atoms with Crippen LogP contribution in [0.3, 0.4) is 0 Å². The van der Waals surface area contributed by atoms with Crippen molar-refractivity contribution in [2.75, 3.05) is 11.9 Å². The highest BCUT2D eigenvalue weighted by Crippen LogP contribution is 2.22. The van der Waals surface area contributed by atoms with Crippen molar-refractivity contribution in [2.24, 2.45) is 0 Å². The summed E-state index contributed by atoms with van der Waals surface area (Å²) in [5.74, 6) is 0.0825. The number of hydrogen-bond acceptors (Lipinski definition) is 4. The fraction of sp³-hybridized carbons (Fsp3) is 0.333. The van der Waals surface area contributed by atoms with Gasteiger partial charge < -0.3 is 9.50 Å². The van der Waals surface area contributed by atoms with Gasteiger partial charge in [-0.15, -0.1) is 0 Å². The lowest BCUT2D eigenvalue weighted by Gasteiger charge is -2.09. The fourth-order valence-corrected chi connectivity index (χ4v) is 1.50. The molecule has 15 heavy (non-hydrogen) atoms. The second kappa shape index (κ2) is 4.50. The molecule has 0 radical (unpaired) electrons. The Kier molecular flexibility index (Phi) is 3.54. The van der Waals surface area contributed by atoms with Gasteiger partial charge in [0.05, 0.1) is 0 Å². The van der Waals surface area contributed by atoms with Gasteiger partial charge in [-0.05, 0) is 25.5 Å².